The molecule has 2 fully saturated rings. The summed E-state index contributed by atoms with van der Waals surface area (Å²) < 4.78 is 25.3. The second kappa shape index (κ2) is 5.67. The second-order valence-electron chi connectivity index (χ2n) is 5.52. The Hall–Kier alpha value is -0.130. The molecule has 1 aliphatic heterocycles. The smallest absolute Gasteiger partial charge is 0.208 e. The Morgan fingerprint density at radius 1 is 1.06 bits per heavy atom. The number of sulfonamides is 1. The normalized spacial score (nSPS) is 29.4. The molecule has 0 aromatic rings. The van der Waals surface area contributed by atoms with E-state index in [2.05, 4.69) is 9.62 Å². The summed E-state index contributed by atoms with van der Waals surface area (Å²) in [6, 6.07) is 0.827. The fourth-order valence-electron chi connectivity index (χ4n) is 3.18. The van der Waals surface area contributed by atoms with Gasteiger partial charge in [-0.1, -0.05) is 19.3 Å². The van der Waals surface area contributed by atoms with Crippen LogP contribution in [0.4, 0.5) is 0 Å². The molecule has 4 nitrogen and oxygen atoms in total. The Kier molecular flexibility index (Phi) is 4.44. The highest BCUT2D eigenvalue weighted by Gasteiger charge is 2.27. The average molecular weight is 260 g/mol. The summed E-state index contributed by atoms with van der Waals surface area (Å²) >= 11 is 0. The van der Waals surface area contributed by atoms with Crippen LogP contribution in [0.3, 0.4) is 0 Å². The fraction of sp³-hybridized carbons (Fsp3) is 1.00. The van der Waals surface area contributed by atoms with Gasteiger partial charge >= 0.3 is 0 Å². The van der Waals surface area contributed by atoms with Crippen LogP contribution < -0.4 is 4.72 Å². The first-order valence-corrected chi connectivity index (χ1v) is 8.65. The van der Waals surface area contributed by atoms with Crippen LogP contribution in [0.2, 0.25) is 0 Å². The van der Waals surface area contributed by atoms with E-state index in [9.17, 15) is 8.42 Å². The number of nitrogens with one attached hydrogen (secondary N) is 1. The number of likely N-dealkylation sites (tertiary alicyclic amines) is 1. The first kappa shape index (κ1) is 13.3. The van der Waals surface area contributed by atoms with Gasteiger partial charge in [0.25, 0.3) is 0 Å². The largest absolute Gasteiger partial charge is 0.299 e. The van der Waals surface area contributed by atoms with Crippen molar-refractivity contribution in [3.63, 3.8) is 0 Å². The molecule has 1 aliphatic carbocycles. The van der Waals surface area contributed by atoms with Gasteiger partial charge in [-0.25, -0.2) is 13.1 Å². The van der Waals surface area contributed by atoms with Crippen molar-refractivity contribution >= 4 is 10.0 Å². The van der Waals surface area contributed by atoms with Gasteiger partial charge in [-0.15, -0.1) is 0 Å². The summed E-state index contributed by atoms with van der Waals surface area (Å²) in [5.74, 6) is 0. The Labute approximate surface area is 105 Å². The van der Waals surface area contributed by atoms with Gasteiger partial charge in [0, 0.05) is 18.6 Å². The van der Waals surface area contributed by atoms with E-state index >= 15 is 0 Å². The summed E-state index contributed by atoms with van der Waals surface area (Å²) in [5, 5.41) is 0. The average Bonchev–Trinajstić information content (AvgIpc) is 2.28. The molecule has 1 saturated carbocycles. The molecule has 0 aromatic heterocycles. The number of nitrogens with zero attached hydrogens (tertiary/aromatic N) is 1. The highest BCUT2D eigenvalue weighted by Crippen LogP contribution is 2.25. The van der Waals surface area contributed by atoms with Crippen molar-refractivity contribution in [2.45, 2.75) is 57.0 Å². The van der Waals surface area contributed by atoms with E-state index in [1.165, 1.54) is 38.4 Å². The topological polar surface area (TPSA) is 49.4 Å². The van der Waals surface area contributed by atoms with Crippen LogP contribution in [0.1, 0.15) is 44.9 Å². The van der Waals surface area contributed by atoms with Crippen molar-refractivity contribution in [2.24, 2.45) is 0 Å². The van der Waals surface area contributed by atoms with Crippen LogP contribution in [0.5, 0.6) is 0 Å². The molecule has 1 saturated heterocycles. The van der Waals surface area contributed by atoms with Gasteiger partial charge in [0.15, 0.2) is 0 Å². The van der Waals surface area contributed by atoms with E-state index in [4.69, 9.17) is 0 Å². The molecular formula is C12H24N2O2S. The third-order valence-corrected chi connectivity index (χ3v) is 4.69. The van der Waals surface area contributed by atoms with E-state index < -0.39 is 10.0 Å². The molecule has 1 heterocycles. The lowest BCUT2D eigenvalue weighted by molar-refractivity contribution is 0.116. The van der Waals surface area contributed by atoms with Crippen molar-refractivity contribution in [1.82, 2.24) is 9.62 Å². The maximum Gasteiger partial charge on any atom is 0.208 e. The molecule has 1 unspecified atom stereocenters. The molecule has 17 heavy (non-hydrogen) atoms. The van der Waals surface area contributed by atoms with Crippen LogP contribution in [0.25, 0.3) is 0 Å². The van der Waals surface area contributed by atoms with Crippen molar-refractivity contribution in [2.75, 3.05) is 19.3 Å². The molecular weight excluding hydrogens is 236 g/mol. The molecule has 1 N–H and O–H groups in total. The predicted octanol–water partition coefficient (Wildman–Crippen LogP) is 1.33. The first-order chi connectivity index (χ1) is 8.04. The lowest BCUT2D eigenvalue weighted by Crippen LogP contribution is -2.51. The highest BCUT2D eigenvalue weighted by molar-refractivity contribution is 7.88. The second-order valence-corrected chi connectivity index (χ2v) is 7.30. The molecule has 5 heteroatoms. The third-order valence-electron chi connectivity index (χ3n) is 3.92. The third kappa shape index (κ3) is 4.23. The van der Waals surface area contributed by atoms with Crippen LogP contribution in [-0.2, 0) is 10.0 Å². The van der Waals surface area contributed by atoms with Gasteiger partial charge in [-0.3, -0.25) is 4.90 Å². The Morgan fingerprint density at radius 2 is 1.76 bits per heavy atom. The summed E-state index contributed by atoms with van der Waals surface area (Å²) in [7, 11) is -3.05. The molecule has 0 bridgehead atoms. The maximum atomic E-state index is 11.3. The molecule has 0 spiro atoms. The van der Waals surface area contributed by atoms with Gasteiger partial charge in [0.05, 0.1) is 6.26 Å². The lowest BCUT2D eigenvalue weighted by atomic mass is 9.92. The first-order valence-electron chi connectivity index (χ1n) is 6.76. The van der Waals surface area contributed by atoms with Crippen LogP contribution >= 0.6 is 0 Å². The minimum Gasteiger partial charge on any atom is -0.299 e. The minimum absolute atomic E-state index is 0.126. The van der Waals surface area contributed by atoms with Gasteiger partial charge in [-0.2, -0.15) is 0 Å². The van der Waals surface area contributed by atoms with Crippen LogP contribution in [0.15, 0.2) is 0 Å². The summed E-state index contributed by atoms with van der Waals surface area (Å²) in [5.41, 5.74) is 0. The standard InChI is InChI=1S/C12H24N2O2S/c1-17(15,16)13-11-6-5-9-14(10-11)12-7-3-2-4-8-12/h11-13H,2-10H2,1H3. The molecule has 0 aromatic carbocycles. The minimum atomic E-state index is -3.05. The van der Waals surface area contributed by atoms with E-state index in [0.717, 1.165) is 25.9 Å². The van der Waals surface area contributed by atoms with Crippen molar-refractivity contribution in [3.05, 3.63) is 0 Å². The van der Waals surface area contributed by atoms with Crippen LogP contribution in [0, 0.1) is 0 Å². The number of hydrogen-bond donors (Lipinski definition) is 1. The van der Waals surface area contributed by atoms with Gasteiger partial charge in [0.1, 0.15) is 0 Å². The van der Waals surface area contributed by atoms with E-state index in [-0.39, 0.29) is 6.04 Å². The lowest BCUT2D eigenvalue weighted by Gasteiger charge is -2.39. The fourth-order valence-corrected chi connectivity index (χ4v) is 3.98. The van der Waals surface area contributed by atoms with Crippen LogP contribution in [-0.4, -0.2) is 44.7 Å². The van der Waals surface area contributed by atoms with Crippen molar-refractivity contribution < 1.29 is 8.42 Å². The van der Waals surface area contributed by atoms with E-state index in [0.29, 0.717) is 6.04 Å². The van der Waals surface area contributed by atoms with Crippen molar-refractivity contribution in [3.8, 4) is 0 Å². The zero-order valence-electron chi connectivity index (χ0n) is 10.7. The summed E-state index contributed by atoms with van der Waals surface area (Å²) in [4.78, 5) is 2.51. The molecule has 0 radical (unpaired) electrons. The number of piperidine rings is 1. The maximum absolute atomic E-state index is 11.3. The molecule has 0 amide bonds. The van der Waals surface area contributed by atoms with Crippen molar-refractivity contribution in [1.29, 1.82) is 0 Å². The number of hydrogen-bond acceptors (Lipinski definition) is 3. The van der Waals surface area contributed by atoms with Gasteiger partial charge in [0.2, 0.25) is 10.0 Å². The molecule has 2 rings (SSSR count). The monoisotopic (exact) mass is 260 g/mol. The van der Waals surface area contributed by atoms with Gasteiger partial charge in [-0.05, 0) is 32.2 Å². The zero-order valence-corrected chi connectivity index (χ0v) is 11.5. The Morgan fingerprint density at radius 3 is 2.41 bits per heavy atom. The highest BCUT2D eigenvalue weighted by atomic mass is 32.2. The number of rotatable bonds is 3. The summed E-state index contributed by atoms with van der Waals surface area (Å²) in [6.45, 7) is 2.05. The zero-order chi connectivity index (χ0) is 12.3. The van der Waals surface area contributed by atoms with E-state index in [1.807, 2.05) is 0 Å². The Bertz CT molecular complexity index is 336. The SMILES string of the molecule is CS(=O)(=O)NC1CCCN(C2CCCCC2)C1. The Balaban J connectivity index is 1.87. The molecule has 2 aliphatic rings. The van der Waals surface area contributed by atoms with E-state index in [1.54, 1.807) is 0 Å². The molecule has 1 atom stereocenters. The molecule has 100 valence electrons. The predicted molar refractivity (Wildman–Crippen MR) is 69.4 cm³/mol. The summed E-state index contributed by atoms with van der Waals surface area (Å²) in [6.07, 6.45) is 10.00. The van der Waals surface area contributed by atoms with Gasteiger partial charge < -0.3 is 0 Å². The quantitative estimate of drug-likeness (QED) is 0.833.